The number of nitrogens with one attached hydrogen (secondary N) is 1. The topological polar surface area (TPSA) is 117 Å². The first-order chi connectivity index (χ1) is 15.8. The van der Waals surface area contributed by atoms with Crippen molar-refractivity contribution in [3.8, 4) is 16.9 Å². The van der Waals surface area contributed by atoms with Gasteiger partial charge in [-0.1, -0.05) is 18.2 Å². The lowest BCUT2D eigenvalue weighted by Gasteiger charge is -2.41. The van der Waals surface area contributed by atoms with Crippen LogP contribution in [0.5, 0.6) is 5.75 Å². The number of hydrogen-bond acceptors (Lipinski definition) is 7. The van der Waals surface area contributed by atoms with Gasteiger partial charge in [0.1, 0.15) is 29.9 Å². The molecule has 33 heavy (non-hydrogen) atoms. The third-order valence-electron chi connectivity index (χ3n) is 5.56. The molecular formula is C24H30FNO7. The zero-order chi connectivity index (χ0) is 24.0. The van der Waals surface area contributed by atoms with Crippen LogP contribution in [0, 0.1) is 5.82 Å². The second-order valence-corrected chi connectivity index (χ2v) is 7.92. The summed E-state index contributed by atoms with van der Waals surface area (Å²) in [7, 11) is 1.39. The molecule has 5 atom stereocenters. The molecule has 0 saturated carbocycles. The van der Waals surface area contributed by atoms with E-state index in [2.05, 4.69) is 5.32 Å². The van der Waals surface area contributed by atoms with Crippen molar-refractivity contribution in [3.05, 3.63) is 53.8 Å². The van der Waals surface area contributed by atoms with Gasteiger partial charge in [0.15, 0.2) is 0 Å². The van der Waals surface area contributed by atoms with Crippen molar-refractivity contribution in [2.75, 3.05) is 20.3 Å². The van der Waals surface area contributed by atoms with Crippen LogP contribution in [0.4, 0.5) is 4.39 Å². The molecule has 1 aliphatic heterocycles. The van der Waals surface area contributed by atoms with Crippen LogP contribution in [0.25, 0.3) is 11.1 Å². The smallest absolute Gasteiger partial charge is 0.229 e. The van der Waals surface area contributed by atoms with E-state index in [4.69, 9.17) is 14.2 Å². The molecule has 180 valence electrons. The monoisotopic (exact) mass is 463 g/mol. The summed E-state index contributed by atoms with van der Waals surface area (Å²) in [5.74, 6) is -0.193. The van der Waals surface area contributed by atoms with E-state index < -0.39 is 36.5 Å². The maximum atomic E-state index is 13.9. The minimum atomic E-state index is -1.39. The van der Waals surface area contributed by atoms with Gasteiger partial charge in [-0.15, -0.1) is 0 Å². The fourth-order valence-electron chi connectivity index (χ4n) is 3.93. The Labute approximate surface area is 191 Å². The van der Waals surface area contributed by atoms with Gasteiger partial charge in [0.2, 0.25) is 12.2 Å². The fraction of sp³-hybridized carbons (Fsp3) is 0.458. The predicted molar refractivity (Wildman–Crippen MR) is 118 cm³/mol. The highest BCUT2D eigenvalue weighted by Gasteiger charge is 2.45. The number of rotatable bonds is 9. The molecule has 2 aromatic carbocycles. The van der Waals surface area contributed by atoms with Crippen molar-refractivity contribution in [3.63, 3.8) is 0 Å². The third kappa shape index (κ3) is 6.27. The number of methoxy groups -OCH3 is 1. The maximum absolute atomic E-state index is 13.9. The van der Waals surface area contributed by atoms with Gasteiger partial charge in [-0.3, -0.25) is 4.79 Å². The summed E-state index contributed by atoms with van der Waals surface area (Å²) in [5.41, 5.74) is 2.19. The van der Waals surface area contributed by atoms with E-state index in [9.17, 15) is 24.5 Å². The number of halogens is 1. The van der Waals surface area contributed by atoms with Crippen molar-refractivity contribution in [1.82, 2.24) is 5.32 Å². The highest BCUT2D eigenvalue weighted by Crippen LogP contribution is 2.32. The lowest BCUT2D eigenvalue weighted by molar-refractivity contribution is -0.278. The average Bonchev–Trinajstić information content (AvgIpc) is 2.78. The number of amides is 1. The lowest BCUT2D eigenvalue weighted by atomic mass is 9.96. The Morgan fingerprint density at radius 2 is 1.97 bits per heavy atom. The molecule has 0 aromatic heterocycles. The molecule has 3 rings (SSSR count). The molecule has 2 aromatic rings. The molecule has 0 aliphatic carbocycles. The highest BCUT2D eigenvalue weighted by molar-refractivity contribution is 5.73. The van der Waals surface area contributed by atoms with Crippen molar-refractivity contribution in [1.29, 1.82) is 0 Å². The zero-order valence-corrected chi connectivity index (χ0v) is 18.6. The molecule has 1 aliphatic rings. The van der Waals surface area contributed by atoms with E-state index in [1.165, 1.54) is 26.2 Å². The van der Waals surface area contributed by atoms with Crippen molar-refractivity contribution < 1.29 is 38.7 Å². The molecule has 1 heterocycles. The SMILES string of the molecule is CO[C@@H]1[C@@H](O)[C@@H](O)[C@H](Oc2ccc(CCNC(C)=O)c(-c3cccc(F)c3)c2)O[C@@H]1CCO. The van der Waals surface area contributed by atoms with Crippen LogP contribution in [-0.4, -0.2) is 72.2 Å². The van der Waals surface area contributed by atoms with Crippen LogP contribution >= 0.6 is 0 Å². The van der Waals surface area contributed by atoms with E-state index in [1.54, 1.807) is 30.3 Å². The van der Waals surface area contributed by atoms with Gasteiger partial charge in [-0.2, -0.15) is 0 Å². The Morgan fingerprint density at radius 1 is 1.18 bits per heavy atom. The van der Waals surface area contributed by atoms with Gasteiger partial charge < -0.3 is 34.8 Å². The summed E-state index contributed by atoms with van der Waals surface area (Å²) >= 11 is 0. The van der Waals surface area contributed by atoms with E-state index in [0.29, 0.717) is 29.8 Å². The summed E-state index contributed by atoms with van der Waals surface area (Å²) in [6, 6.07) is 11.3. The zero-order valence-electron chi connectivity index (χ0n) is 18.6. The minimum Gasteiger partial charge on any atom is -0.462 e. The molecular weight excluding hydrogens is 433 g/mol. The van der Waals surface area contributed by atoms with Gasteiger partial charge in [0, 0.05) is 27.2 Å². The Hall–Kier alpha value is -2.56. The van der Waals surface area contributed by atoms with Gasteiger partial charge in [-0.25, -0.2) is 4.39 Å². The standard InChI is InChI=1S/C24H30FNO7/c1-14(28)26-10-8-15-6-7-18(13-19(15)16-4-3-5-17(25)12-16)32-24-22(30)21(29)23(31-2)20(33-24)9-11-27/h3-7,12-13,20-24,27,29-30H,8-11H2,1-2H3,(H,26,28)/t20-,21+,22-,23+,24-/m1/s1. The van der Waals surface area contributed by atoms with E-state index in [-0.39, 0.29) is 18.9 Å². The molecule has 0 unspecified atom stereocenters. The molecule has 0 spiro atoms. The Balaban J connectivity index is 1.87. The van der Waals surface area contributed by atoms with Crippen LogP contribution < -0.4 is 10.1 Å². The number of benzene rings is 2. The number of carbonyl (C=O) groups excluding carboxylic acids is 1. The van der Waals surface area contributed by atoms with Crippen LogP contribution in [0.3, 0.4) is 0 Å². The number of aliphatic hydroxyl groups excluding tert-OH is 3. The first-order valence-electron chi connectivity index (χ1n) is 10.8. The van der Waals surface area contributed by atoms with Crippen LogP contribution in [0.15, 0.2) is 42.5 Å². The molecule has 1 amide bonds. The molecule has 0 radical (unpaired) electrons. The molecule has 1 fully saturated rings. The van der Waals surface area contributed by atoms with Crippen molar-refractivity contribution in [2.45, 2.75) is 50.5 Å². The number of ether oxygens (including phenoxy) is 3. The third-order valence-corrected chi connectivity index (χ3v) is 5.56. The summed E-state index contributed by atoms with van der Waals surface area (Å²) in [4.78, 5) is 11.2. The van der Waals surface area contributed by atoms with Gasteiger partial charge in [0.05, 0.1) is 6.10 Å². The second-order valence-electron chi connectivity index (χ2n) is 7.92. The summed E-state index contributed by atoms with van der Waals surface area (Å²) in [6.07, 6.45) is -4.64. The van der Waals surface area contributed by atoms with Gasteiger partial charge in [0.25, 0.3) is 0 Å². The Morgan fingerprint density at radius 3 is 2.64 bits per heavy atom. The molecule has 0 bridgehead atoms. The lowest BCUT2D eigenvalue weighted by Crippen LogP contribution is -2.59. The Kier molecular flexibility index (Phi) is 8.76. The fourth-order valence-corrected chi connectivity index (χ4v) is 3.93. The number of carbonyl (C=O) groups is 1. The quantitative estimate of drug-likeness (QED) is 0.444. The van der Waals surface area contributed by atoms with Crippen molar-refractivity contribution >= 4 is 5.91 Å². The van der Waals surface area contributed by atoms with Gasteiger partial charge >= 0.3 is 0 Å². The first-order valence-corrected chi connectivity index (χ1v) is 10.8. The Bertz CT molecular complexity index is 941. The number of aliphatic hydroxyl groups is 3. The van der Waals surface area contributed by atoms with Crippen LogP contribution in [-0.2, 0) is 20.7 Å². The molecule has 1 saturated heterocycles. The van der Waals surface area contributed by atoms with E-state index in [0.717, 1.165) is 5.56 Å². The molecule has 9 heteroatoms. The summed E-state index contributed by atoms with van der Waals surface area (Å²) in [5, 5.41) is 33.0. The van der Waals surface area contributed by atoms with Crippen molar-refractivity contribution in [2.24, 2.45) is 0 Å². The minimum absolute atomic E-state index is 0.143. The largest absolute Gasteiger partial charge is 0.462 e. The van der Waals surface area contributed by atoms with E-state index >= 15 is 0 Å². The van der Waals surface area contributed by atoms with Crippen LogP contribution in [0.2, 0.25) is 0 Å². The number of hydrogen-bond donors (Lipinski definition) is 4. The molecule has 4 N–H and O–H groups in total. The summed E-state index contributed by atoms with van der Waals surface area (Å²) in [6.45, 7) is 1.66. The molecule has 8 nitrogen and oxygen atoms in total. The predicted octanol–water partition coefficient (Wildman–Crippen LogP) is 1.39. The highest BCUT2D eigenvalue weighted by atomic mass is 19.1. The van der Waals surface area contributed by atoms with Crippen LogP contribution in [0.1, 0.15) is 18.9 Å². The van der Waals surface area contributed by atoms with Gasteiger partial charge in [-0.05, 0) is 53.8 Å². The second kappa shape index (κ2) is 11.5. The normalized spacial score (nSPS) is 25.0. The first kappa shape index (κ1) is 25.1. The summed E-state index contributed by atoms with van der Waals surface area (Å²) < 4.78 is 30.8. The maximum Gasteiger partial charge on any atom is 0.229 e. The van der Waals surface area contributed by atoms with E-state index in [1.807, 2.05) is 0 Å². The average molecular weight is 464 g/mol.